The lowest BCUT2D eigenvalue weighted by Gasteiger charge is -2.45. The number of hydrogen-bond donors (Lipinski definition) is 1. The highest BCUT2D eigenvalue weighted by atomic mass is 19.1. The van der Waals surface area contributed by atoms with Crippen LogP contribution in [0.3, 0.4) is 0 Å². The van der Waals surface area contributed by atoms with Crippen molar-refractivity contribution in [2.45, 2.75) is 37.5 Å². The predicted octanol–water partition coefficient (Wildman–Crippen LogP) is 2.61. The molecular formula is C24H28FN3O3. The lowest BCUT2D eigenvalue weighted by molar-refractivity contribution is -0.151. The van der Waals surface area contributed by atoms with Gasteiger partial charge in [0.05, 0.1) is 11.1 Å². The van der Waals surface area contributed by atoms with E-state index in [4.69, 9.17) is 10.5 Å². The third-order valence-corrected chi connectivity index (χ3v) is 6.80. The van der Waals surface area contributed by atoms with Gasteiger partial charge in [0, 0.05) is 32.5 Å². The maximum Gasteiger partial charge on any atom is 0.231 e. The molecule has 1 atom stereocenters. The molecule has 0 saturated carbocycles. The maximum absolute atomic E-state index is 14.4. The quantitative estimate of drug-likeness (QED) is 0.798. The van der Waals surface area contributed by atoms with Crippen molar-refractivity contribution in [2.24, 2.45) is 11.1 Å². The summed E-state index contributed by atoms with van der Waals surface area (Å²) in [4.78, 5) is 32.7. The van der Waals surface area contributed by atoms with Crippen LogP contribution in [0, 0.1) is 11.2 Å². The summed E-state index contributed by atoms with van der Waals surface area (Å²) in [6.45, 7) is 1.64. The van der Waals surface area contributed by atoms with Gasteiger partial charge in [0.15, 0.2) is 0 Å². The first-order valence-corrected chi connectivity index (χ1v) is 10.8. The van der Waals surface area contributed by atoms with Crippen LogP contribution in [0.25, 0.3) is 0 Å². The van der Waals surface area contributed by atoms with Gasteiger partial charge in [0.25, 0.3) is 0 Å². The Morgan fingerprint density at radius 2 is 1.84 bits per heavy atom. The molecular weight excluding hydrogens is 397 g/mol. The molecule has 0 bridgehead atoms. The number of nitrogens with zero attached hydrogens (tertiary/aromatic N) is 2. The molecule has 0 spiro atoms. The van der Waals surface area contributed by atoms with Gasteiger partial charge < -0.3 is 15.4 Å². The molecule has 2 fully saturated rings. The summed E-state index contributed by atoms with van der Waals surface area (Å²) in [5, 5.41) is 0. The van der Waals surface area contributed by atoms with Crippen LogP contribution in [0.2, 0.25) is 0 Å². The fourth-order valence-electron chi connectivity index (χ4n) is 4.98. The van der Waals surface area contributed by atoms with E-state index in [1.54, 1.807) is 41.4 Å². The summed E-state index contributed by atoms with van der Waals surface area (Å²) in [5.74, 6) is -0.834. The van der Waals surface area contributed by atoms with Crippen molar-refractivity contribution in [3.63, 3.8) is 0 Å². The number of amides is 2. The number of piperidine rings is 1. The number of likely N-dealkylation sites (tertiary alicyclic amines) is 1. The first-order chi connectivity index (χ1) is 15.0. The first-order valence-electron chi connectivity index (χ1n) is 10.8. The summed E-state index contributed by atoms with van der Waals surface area (Å²) in [6, 6.07) is 12.0. The van der Waals surface area contributed by atoms with E-state index in [2.05, 4.69) is 4.98 Å². The van der Waals surface area contributed by atoms with Gasteiger partial charge in [-0.1, -0.05) is 24.3 Å². The second-order valence-corrected chi connectivity index (χ2v) is 8.65. The fraction of sp³-hybridized carbons (Fsp3) is 0.458. The Morgan fingerprint density at radius 1 is 1.10 bits per heavy atom. The van der Waals surface area contributed by atoms with Crippen LogP contribution in [-0.2, 0) is 26.2 Å². The number of benzene rings is 1. The van der Waals surface area contributed by atoms with E-state index in [9.17, 15) is 14.0 Å². The highest BCUT2D eigenvalue weighted by Gasteiger charge is 2.49. The molecule has 2 aliphatic rings. The molecule has 0 aliphatic carbocycles. The zero-order valence-electron chi connectivity index (χ0n) is 17.6. The minimum atomic E-state index is -1.01. The lowest BCUT2D eigenvalue weighted by atomic mass is 9.71. The Hall–Kier alpha value is -2.80. The summed E-state index contributed by atoms with van der Waals surface area (Å²) < 4.78 is 20.0. The fourth-order valence-corrected chi connectivity index (χ4v) is 4.98. The molecule has 2 aromatic rings. The standard InChI is InChI=1S/C24H28FN3O3/c25-19-7-2-1-6-18(19)16-23(10-14-31-15-11-23)22(30)28-13-5-9-24(17-28,21(26)29)20-8-3-4-12-27-20/h1-4,6-8,12H,5,9-11,13-17H2,(H2,26,29)/t24-/m1/s1. The third kappa shape index (κ3) is 4.06. The molecule has 31 heavy (non-hydrogen) atoms. The lowest BCUT2D eigenvalue weighted by Crippen LogP contribution is -2.58. The van der Waals surface area contributed by atoms with E-state index in [1.807, 2.05) is 6.07 Å². The molecule has 3 heterocycles. The topological polar surface area (TPSA) is 85.5 Å². The molecule has 0 unspecified atom stereocenters. The average Bonchev–Trinajstić information content (AvgIpc) is 2.81. The highest BCUT2D eigenvalue weighted by molar-refractivity contribution is 5.89. The van der Waals surface area contributed by atoms with Crippen LogP contribution in [0.15, 0.2) is 48.7 Å². The Balaban J connectivity index is 1.65. The number of halogens is 1. The van der Waals surface area contributed by atoms with Crippen LogP contribution < -0.4 is 5.73 Å². The van der Waals surface area contributed by atoms with Crippen molar-refractivity contribution in [3.8, 4) is 0 Å². The number of rotatable bonds is 5. The molecule has 1 aromatic heterocycles. The first kappa shape index (κ1) is 21.4. The number of nitrogens with two attached hydrogens (primary N) is 1. The van der Waals surface area contributed by atoms with E-state index in [-0.39, 0.29) is 18.3 Å². The van der Waals surface area contributed by atoms with Crippen LogP contribution >= 0.6 is 0 Å². The summed E-state index contributed by atoms with van der Waals surface area (Å²) in [5.41, 5.74) is 5.21. The zero-order valence-corrected chi connectivity index (χ0v) is 17.6. The van der Waals surface area contributed by atoms with Crippen molar-refractivity contribution in [2.75, 3.05) is 26.3 Å². The van der Waals surface area contributed by atoms with Crippen LogP contribution in [0.1, 0.15) is 36.9 Å². The number of pyridine rings is 1. The van der Waals surface area contributed by atoms with E-state index in [0.717, 1.165) is 0 Å². The Kier molecular flexibility index (Phi) is 6.05. The predicted molar refractivity (Wildman–Crippen MR) is 114 cm³/mol. The minimum Gasteiger partial charge on any atom is -0.381 e. The van der Waals surface area contributed by atoms with Gasteiger partial charge in [-0.25, -0.2) is 4.39 Å². The molecule has 0 radical (unpaired) electrons. The summed E-state index contributed by atoms with van der Waals surface area (Å²) in [7, 11) is 0. The van der Waals surface area contributed by atoms with Gasteiger partial charge in [-0.05, 0) is 55.9 Å². The van der Waals surface area contributed by atoms with Gasteiger partial charge in [-0.3, -0.25) is 14.6 Å². The number of primary amides is 1. The Labute approximate surface area is 181 Å². The van der Waals surface area contributed by atoms with Crippen molar-refractivity contribution in [1.82, 2.24) is 9.88 Å². The second kappa shape index (κ2) is 8.75. The monoisotopic (exact) mass is 425 g/mol. The smallest absolute Gasteiger partial charge is 0.231 e. The van der Waals surface area contributed by atoms with Crippen LogP contribution in [-0.4, -0.2) is 48.0 Å². The zero-order chi connectivity index (χ0) is 21.9. The van der Waals surface area contributed by atoms with Crippen molar-refractivity contribution in [1.29, 1.82) is 0 Å². The minimum absolute atomic E-state index is 0.0553. The normalized spacial score (nSPS) is 23.3. The van der Waals surface area contributed by atoms with Crippen molar-refractivity contribution >= 4 is 11.8 Å². The SMILES string of the molecule is NC(=O)[C@]1(c2ccccn2)CCCN(C(=O)C2(Cc3ccccc3F)CCOCC2)C1. The third-order valence-electron chi connectivity index (χ3n) is 6.80. The number of aromatic nitrogens is 1. The molecule has 164 valence electrons. The summed E-state index contributed by atoms with van der Waals surface area (Å²) in [6.07, 6.45) is 4.18. The van der Waals surface area contributed by atoms with Crippen LogP contribution in [0.5, 0.6) is 0 Å². The molecule has 2 N–H and O–H groups in total. The molecule has 7 heteroatoms. The number of ether oxygens (including phenoxy) is 1. The molecule has 4 rings (SSSR count). The van der Waals surface area contributed by atoms with E-state index < -0.39 is 16.7 Å². The average molecular weight is 426 g/mol. The Morgan fingerprint density at radius 3 is 2.52 bits per heavy atom. The number of carbonyl (C=O) groups is 2. The molecule has 2 aliphatic heterocycles. The number of hydrogen-bond acceptors (Lipinski definition) is 4. The maximum atomic E-state index is 14.4. The molecule has 2 amide bonds. The van der Waals surface area contributed by atoms with Gasteiger partial charge in [0.1, 0.15) is 11.2 Å². The molecule has 1 aromatic carbocycles. The van der Waals surface area contributed by atoms with Crippen LogP contribution in [0.4, 0.5) is 4.39 Å². The Bertz CT molecular complexity index is 946. The van der Waals surface area contributed by atoms with Gasteiger partial charge in [-0.2, -0.15) is 0 Å². The van der Waals surface area contributed by atoms with Gasteiger partial charge in [0.2, 0.25) is 11.8 Å². The second-order valence-electron chi connectivity index (χ2n) is 8.65. The largest absolute Gasteiger partial charge is 0.381 e. The molecule has 2 saturated heterocycles. The highest BCUT2D eigenvalue weighted by Crippen LogP contribution is 2.40. The van der Waals surface area contributed by atoms with Crippen molar-refractivity contribution < 1.29 is 18.7 Å². The van der Waals surface area contributed by atoms with Crippen molar-refractivity contribution in [3.05, 3.63) is 65.7 Å². The van der Waals surface area contributed by atoms with E-state index in [1.165, 1.54) is 6.07 Å². The van der Waals surface area contributed by atoms with Gasteiger partial charge in [-0.15, -0.1) is 0 Å². The van der Waals surface area contributed by atoms with E-state index in [0.29, 0.717) is 63.1 Å². The summed E-state index contributed by atoms with van der Waals surface area (Å²) >= 11 is 0. The van der Waals surface area contributed by atoms with E-state index >= 15 is 0 Å². The number of carbonyl (C=O) groups excluding carboxylic acids is 2. The molecule has 6 nitrogen and oxygen atoms in total. The van der Waals surface area contributed by atoms with Gasteiger partial charge >= 0.3 is 0 Å².